The second kappa shape index (κ2) is 4.99. The van der Waals surface area contributed by atoms with Crippen LogP contribution in [0, 0.1) is 6.92 Å². The summed E-state index contributed by atoms with van der Waals surface area (Å²) >= 11 is 2.59. The molecule has 1 aromatic heterocycles. The maximum absolute atomic E-state index is 12.4. The highest BCUT2D eigenvalue weighted by molar-refractivity contribution is 9.10. The van der Waals surface area contributed by atoms with Gasteiger partial charge in [-0.15, -0.1) is 0 Å². The molecule has 10 heteroatoms. The number of anilines is 1. The molecule has 106 valence electrons. The van der Waals surface area contributed by atoms with Crippen LogP contribution in [0.3, 0.4) is 0 Å². The number of carbonyl (C=O) groups is 1. The summed E-state index contributed by atoms with van der Waals surface area (Å²) in [4.78, 5) is 13.8. The van der Waals surface area contributed by atoms with Gasteiger partial charge in [-0.2, -0.15) is 26.3 Å². The number of rotatable bonds is 1. The third-order valence-electron chi connectivity index (χ3n) is 1.96. The van der Waals surface area contributed by atoms with E-state index in [9.17, 15) is 31.1 Å². The molecule has 0 fully saturated rings. The standard InChI is InChI=1S/C9H5BrF6N2O/c1-3-2-4(8(11,12)13)17-6(10)5(3)18-7(19)9(14,15)16/h2H,1H3,(H,18,19). The second-order valence-corrected chi connectivity index (χ2v) is 4.19. The van der Waals surface area contributed by atoms with Crippen molar-refractivity contribution in [3.8, 4) is 0 Å². The lowest BCUT2D eigenvalue weighted by atomic mass is 10.2. The van der Waals surface area contributed by atoms with Gasteiger partial charge in [0, 0.05) is 0 Å². The molecule has 3 nitrogen and oxygen atoms in total. The van der Waals surface area contributed by atoms with Gasteiger partial charge in [-0.25, -0.2) is 4.98 Å². The summed E-state index contributed by atoms with van der Waals surface area (Å²) in [5.74, 6) is -2.29. The Bertz CT molecular complexity index is 487. The summed E-state index contributed by atoms with van der Waals surface area (Å²) in [6, 6.07) is 0.538. The van der Waals surface area contributed by atoms with Crippen LogP contribution in [-0.4, -0.2) is 17.1 Å². The molecule has 0 bridgehead atoms. The molecule has 0 saturated carbocycles. The summed E-state index contributed by atoms with van der Waals surface area (Å²) in [5.41, 5.74) is -1.94. The Balaban J connectivity index is 3.16. The van der Waals surface area contributed by atoms with Crippen molar-refractivity contribution >= 4 is 27.5 Å². The van der Waals surface area contributed by atoms with Gasteiger partial charge in [0.1, 0.15) is 10.3 Å². The first-order chi connectivity index (χ1) is 8.43. The van der Waals surface area contributed by atoms with E-state index < -0.39 is 34.2 Å². The highest BCUT2D eigenvalue weighted by atomic mass is 79.9. The zero-order valence-corrected chi connectivity index (χ0v) is 10.7. The molecule has 0 saturated heterocycles. The van der Waals surface area contributed by atoms with Crippen LogP contribution in [-0.2, 0) is 11.0 Å². The maximum Gasteiger partial charge on any atom is 0.471 e. The van der Waals surface area contributed by atoms with Gasteiger partial charge in [0.2, 0.25) is 0 Å². The summed E-state index contributed by atoms with van der Waals surface area (Å²) in [6.07, 6.45) is -9.88. The van der Waals surface area contributed by atoms with Crippen molar-refractivity contribution in [2.24, 2.45) is 0 Å². The van der Waals surface area contributed by atoms with Crippen LogP contribution in [0.15, 0.2) is 10.7 Å². The highest BCUT2D eigenvalue weighted by Gasteiger charge is 2.40. The smallest absolute Gasteiger partial charge is 0.316 e. The summed E-state index contributed by atoms with van der Waals surface area (Å²) in [5, 5.41) is 1.46. The van der Waals surface area contributed by atoms with Crippen molar-refractivity contribution in [3.63, 3.8) is 0 Å². The highest BCUT2D eigenvalue weighted by Crippen LogP contribution is 2.34. The first-order valence-corrected chi connectivity index (χ1v) is 5.34. The van der Waals surface area contributed by atoms with E-state index >= 15 is 0 Å². The molecule has 0 aliphatic rings. The third kappa shape index (κ3) is 3.82. The number of aryl methyl sites for hydroxylation is 1. The minimum absolute atomic E-state index is 0.202. The van der Waals surface area contributed by atoms with Gasteiger partial charge in [-0.05, 0) is 34.5 Å². The number of nitrogens with zero attached hydrogens (tertiary/aromatic N) is 1. The zero-order valence-electron chi connectivity index (χ0n) is 9.08. The van der Waals surface area contributed by atoms with E-state index in [-0.39, 0.29) is 5.56 Å². The quantitative estimate of drug-likeness (QED) is 0.620. The zero-order chi connectivity index (χ0) is 15.0. The van der Waals surface area contributed by atoms with Crippen molar-refractivity contribution in [2.45, 2.75) is 19.3 Å². The number of hydrogen-bond acceptors (Lipinski definition) is 2. The average Bonchev–Trinajstić information content (AvgIpc) is 2.19. The predicted molar refractivity (Wildman–Crippen MR) is 56.4 cm³/mol. The fourth-order valence-corrected chi connectivity index (χ4v) is 1.72. The topological polar surface area (TPSA) is 42.0 Å². The Morgan fingerprint density at radius 2 is 1.79 bits per heavy atom. The van der Waals surface area contributed by atoms with Crippen LogP contribution in [0.1, 0.15) is 11.3 Å². The maximum atomic E-state index is 12.4. The molecule has 1 heterocycles. The Morgan fingerprint density at radius 1 is 1.26 bits per heavy atom. The molecule has 0 atom stereocenters. The van der Waals surface area contributed by atoms with Gasteiger partial charge in [-0.1, -0.05) is 0 Å². The molecule has 1 amide bonds. The van der Waals surface area contributed by atoms with Gasteiger partial charge in [0.05, 0.1) is 5.69 Å². The fourth-order valence-electron chi connectivity index (χ4n) is 1.11. The lowest BCUT2D eigenvalue weighted by Gasteiger charge is -2.14. The molecule has 1 aromatic rings. The number of aromatic nitrogens is 1. The SMILES string of the molecule is Cc1cc(C(F)(F)F)nc(Br)c1NC(=O)C(F)(F)F. The second-order valence-electron chi connectivity index (χ2n) is 3.44. The van der Waals surface area contributed by atoms with Gasteiger partial charge < -0.3 is 5.32 Å². The van der Waals surface area contributed by atoms with E-state index in [1.54, 1.807) is 0 Å². The predicted octanol–water partition coefficient (Wildman–Crippen LogP) is 3.67. The van der Waals surface area contributed by atoms with Crippen LogP contribution < -0.4 is 5.32 Å². The van der Waals surface area contributed by atoms with E-state index in [4.69, 9.17) is 0 Å². The minimum atomic E-state index is -5.14. The molecular formula is C9H5BrF6N2O. The van der Waals surface area contributed by atoms with E-state index in [1.807, 2.05) is 0 Å². The number of halogens is 7. The van der Waals surface area contributed by atoms with Crippen LogP contribution in [0.5, 0.6) is 0 Å². The van der Waals surface area contributed by atoms with Crippen molar-refractivity contribution in [1.29, 1.82) is 0 Å². The number of amides is 1. The first-order valence-electron chi connectivity index (χ1n) is 4.55. The van der Waals surface area contributed by atoms with Crippen LogP contribution in [0.25, 0.3) is 0 Å². The number of nitrogens with one attached hydrogen (secondary N) is 1. The summed E-state index contributed by atoms with van der Waals surface area (Å²) < 4.78 is 72.7. The normalized spacial score (nSPS) is 12.4. The number of alkyl halides is 6. The van der Waals surface area contributed by atoms with Crippen LogP contribution in [0.2, 0.25) is 0 Å². The average molecular weight is 351 g/mol. The molecule has 1 rings (SSSR count). The van der Waals surface area contributed by atoms with Gasteiger partial charge in [-0.3, -0.25) is 4.79 Å². The van der Waals surface area contributed by atoms with E-state index in [2.05, 4.69) is 20.9 Å². The number of hydrogen-bond donors (Lipinski definition) is 1. The Hall–Kier alpha value is -1.32. The lowest BCUT2D eigenvalue weighted by Crippen LogP contribution is -2.30. The van der Waals surface area contributed by atoms with Crippen molar-refractivity contribution in [1.82, 2.24) is 4.98 Å². The van der Waals surface area contributed by atoms with Crippen LogP contribution in [0.4, 0.5) is 32.0 Å². The molecule has 1 N–H and O–H groups in total. The van der Waals surface area contributed by atoms with Crippen LogP contribution >= 0.6 is 15.9 Å². The molecular weight excluding hydrogens is 346 g/mol. The van der Waals surface area contributed by atoms with Gasteiger partial charge >= 0.3 is 18.3 Å². The third-order valence-corrected chi connectivity index (χ3v) is 2.53. The Kier molecular flexibility index (Phi) is 4.13. The molecule has 19 heavy (non-hydrogen) atoms. The number of carbonyl (C=O) groups excluding carboxylic acids is 1. The fraction of sp³-hybridized carbons (Fsp3) is 0.333. The molecule has 0 aliphatic heterocycles. The largest absolute Gasteiger partial charge is 0.471 e. The van der Waals surface area contributed by atoms with E-state index in [0.29, 0.717) is 6.07 Å². The van der Waals surface area contributed by atoms with E-state index in [0.717, 1.165) is 6.92 Å². The molecule has 0 spiro atoms. The van der Waals surface area contributed by atoms with Gasteiger partial charge in [0.25, 0.3) is 0 Å². The molecule has 0 unspecified atom stereocenters. The molecule has 0 aromatic carbocycles. The van der Waals surface area contributed by atoms with E-state index in [1.165, 1.54) is 5.32 Å². The Morgan fingerprint density at radius 3 is 2.16 bits per heavy atom. The minimum Gasteiger partial charge on any atom is -0.316 e. The summed E-state index contributed by atoms with van der Waals surface area (Å²) in [6.45, 7) is 1.12. The molecule has 0 aliphatic carbocycles. The molecule has 0 radical (unpaired) electrons. The Labute approximate surface area is 111 Å². The number of pyridine rings is 1. The van der Waals surface area contributed by atoms with Crippen molar-refractivity contribution in [2.75, 3.05) is 5.32 Å². The van der Waals surface area contributed by atoms with Gasteiger partial charge in [0.15, 0.2) is 0 Å². The first kappa shape index (κ1) is 15.7. The summed E-state index contributed by atoms with van der Waals surface area (Å²) in [7, 11) is 0. The van der Waals surface area contributed by atoms with Crippen molar-refractivity contribution < 1.29 is 31.1 Å². The monoisotopic (exact) mass is 350 g/mol. The lowest BCUT2D eigenvalue weighted by molar-refractivity contribution is -0.167. The van der Waals surface area contributed by atoms with Crippen molar-refractivity contribution in [3.05, 3.63) is 21.9 Å².